The molecule has 174 valence electrons. The van der Waals surface area contributed by atoms with Gasteiger partial charge in [-0.1, -0.05) is 48.4 Å². The Morgan fingerprint density at radius 2 is 1.97 bits per heavy atom. The van der Waals surface area contributed by atoms with Crippen molar-refractivity contribution in [2.45, 2.75) is 50.6 Å². The van der Waals surface area contributed by atoms with Gasteiger partial charge in [0.05, 0.1) is 18.4 Å². The molecule has 0 radical (unpaired) electrons. The molecular weight excluding hydrogens is 456 g/mol. The van der Waals surface area contributed by atoms with Crippen LogP contribution in [0.4, 0.5) is 5.00 Å². The van der Waals surface area contributed by atoms with E-state index in [0.717, 1.165) is 54.6 Å². The van der Waals surface area contributed by atoms with Crippen molar-refractivity contribution in [2.24, 2.45) is 7.05 Å². The topological polar surface area (TPSA) is 86.1 Å². The number of aromatic nitrogens is 3. The molecule has 1 N–H and O–H groups in total. The number of anilines is 1. The molecule has 0 aliphatic heterocycles. The maximum absolute atomic E-state index is 12.8. The Morgan fingerprint density at radius 3 is 2.73 bits per heavy atom. The summed E-state index contributed by atoms with van der Waals surface area (Å²) in [7, 11) is 3.28. The minimum Gasteiger partial charge on any atom is -0.465 e. The third-order valence-electron chi connectivity index (χ3n) is 5.76. The van der Waals surface area contributed by atoms with E-state index in [4.69, 9.17) is 4.74 Å². The Labute approximate surface area is 201 Å². The van der Waals surface area contributed by atoms with Crippen molar-refractivity contribution < 1.29 is 14.3 Å². The largest absolute Gasteiger partial charge is 0.465 e. The van der Waals surface area contributed by atoms with E-state index in [2.05, 4.69) is 21.6 Å². The van der Waals surface area contributed by atoms with E-state index in [1.165, 1.54) is 41.5 Å². The molecule has 7 nitrogen and oxygen atoms in total. The van der Waals surface area contributed by atoms with E-state index < -0.39 is 0 Å². The first kappa shape index (κ1) is 23.5. The summed E-state index contributed by atoms with van der Waals surface area (Å²) in [5, 5.41) is 12.8. The number of ether oxygens (including phenoxy) is 1. The van der Waals surface area contributed by atoms with Gasteiger partial charge in [-0.2, -0.15) is 0 Å². The molecule has 0 bridgehead atoms. The molecule has 0 fully saturated rings. The summed E-state index contributed by atoms with van der Waals surface area (Å²) in [6, 6.07) is 8.08. The van der Waals surface area contributed by atoms with E-state index in [1.807, 2.05) is 36.7 Å². The molecule has 33 heavy (non-hydrogen) atoms. The highest BCUT2D eigenvalue weighted by molar-refractivity contribution is 7.99. The van der Waals surface area contributed by atoms with Crippen molar-refractivity contribution in [1.82, 2.24) is 14.8 Å². The Hall–Kier alpha value is -2.65. The molecule has 1 aliphatic carbocycles. The molecule has 1 aromatic carbocycles. The molecule has 0 unspecified atom stereocenters. The molecule has 3 aromatic rings. The van der Waals surface area contributed by atoms with Gasteiger partial charge >= 0.3 is 5.97 Å². The highest BCUT2D eigenvalue weighted by Gasteiger charge is 2.26. The lowest BCUT2D eigenvalue weighted by Crippen LogP contribution is -2.16. The minimum absolute atomic E-state index is 0.170. The fourth-order valence-electron chi connectivity index (χ4n) is 4.09. The third kappa shape index (κ3) is 5.30. The molecule has 1 amide bonds. The van der Waals surface area contributed by atoms with Crippen molar-refractivity contribution in [3.8, 4) is 11.4 Å². The van der Waals surface area contributed by atoms with Crippen LogP contribution in [0.5, 0.6) is 0 Å². The lowest BCUT2D eigenvalue weighted by atomic mass is 9.96. The van der Waals surface area contributed by atoms with Crippen LogP contribution in [-0.4, -0.2) is 39.5 Å². The number of carbonyl (C=O) groups excluding carboxylic acids is 2. The van der Waals surface area contributed by atoms with Crippen LogP contribution in [0, 0.1) is 6.92 Å². The minimum atomic E-state index is -0.382. The maximum Gasteiger partial charge on any atom is 0.341 e. The van der Waals surface area contributed by atoms with Crippen molar-refractivity contribution in [1.29, 1.82) is 0 Å². The van der Waals surface area contributed by atoms with Crippen LogP contribution in [0.3, 0.4) is 0 Å². The second-order valence-corrected chi connectivity index (χ2v) is 10.2. The summed E-state index contributed by atoms with van der Waals surface area (Å²) in [5.74, 6) is 0.363. The lowest BCUT2D eigenvalue weighted by Gasteiger charge is -2.11. The van der Waals surface area contributed by atoms with E-state index in [1.54, 1.807) is 0 Å². The molecule has 1 aliphatic rings. The number of fused-ring (bicyclic) bond motifs is 1. The lowest BCUT2D eigenvalue weighted by molar-refractivity contribution is -0.113. The second kappa shape index (κ2) is 10.5. The monoisotopic (exact) mass is 484 g/mol. The summed E-state index contributed by atoms with van der Waals surface area (Å²) in [5.41, 5.74) is 3.71. The summed E-state index contributed by atoms with van der Waals surface area (Å²) in [6.45, 7) is 2.04. The summed E-state index contributed by atoms with van der Waals surface area (Å²) in [6.07, 6.45) is 6.30. The summed E-state index contributed by atoms with van der Waals surface area (Å²) < 4.78 is 6.94. The van der Waals surface area contributed by atoms with Gasteiger partial charge in [-0.25, -0.2) is 4.79 Å². The molecule has 0 spiro atoms. The number of esters is 1. The number of nitrogens with one attached hydrogen (secondary N) is 1. The van der Waals surface area contributed by atoms with Crippen LogP contribution in [-0.2, 0) is 29.4 Å². The van der Waals surface area contributed by atoms with Crippen LogP contribution in [0.25, 0.3) is 11.4 Å². The van der Waals surface area contributed by atoms with Crippen LogP contribution in [0.1, 0.15) is 52.0 Å². The number of hydrogen-bond acceptors (Lipinski definition) is 7. The van der Waals surface area contributed by atoms with Gasteiger partial charge in [0.25, 0.3) is 0 Å². The van der Waals surface area contributed by atoms with E-state index >= 15 is 0 Å². The number of thioether (sulfide) groups is 1. The molecule has 4 rings (SSSR count). The zero-order valence-electron chi connectivity index (χ0n) is 19.1. The maximum atomic E-state index is 12.8. The molecule has 2 aromatic heterocycles. The fraction of sp³-hybridized carbons (Fsp3) is 0.417. The number of aryl methyl sites for hydroxylation is 2. The molecule has 0 saturated heterocycles. The second-order valence-electron chi connectivity index (χ2n) is 8.19. The average molecular weight is 485 g/mol. The Bertz CT molecular complexity index is 1170. The number of nitrogens with zero attached hydrogens (tertiary/aromatic N) is 3. The van der Waals surface area contributed by atoms with E-state index in [0.29, 0.717) is 15.7 Å². The first-order valence-electron chi connectivity index (χ1n) is 11.1. The van der Waals surface area contributed by atoms with Crippen LogP contribution in [0.15, 0.2) is 29.4 Å². The molecule has 0 atom stereocenters. The number of amides is 1. The molecular formula is C24H28N4O3S2. The first-order valence-corrected chi connectivity index (χ1v) is 12.9. The van der Waals surface area contributed by atoms with Gasteiger partial charge in [0, 0.05) is 17.5 Å². The summed E-state index contributed by atoms with van der Waals surface area (Å²) >= 11 is 2.83. The normalized spacial score (nSPS) is 13.7. The number of rotatable bonds is 6. The number of thiophene rings is 1. The zero-order valence-corrected chi connectivity index (χ0v) is 20.8. The predicted molar refractivity (Wildman–Crippen MR) is 132 cm³/mol. The molecule has 2 heterocycles. The Morgan fingerprint density at radius 1 is 1.18 bits per heavy atom. The quantitative estimate of drug-likeness (QED) is 0.390. The number of hydrogen-bond donors (Lipinski definition) is 1. The smallest absolute Gasteiger partial charge is 0.341 e. The summed E-state index contributed by atoms with van der Waals surface area (Å²) in [4.78, 5) is 26.5. The number of carbonyl (C=O) groups is 2. The van der Waals surface area contributed by atoms with Gasteiger partial charge in [0.2, 0.25) is 5.91 Å². The first-order chi connectivity index (χ1) is 16.0. The molecule has 9 heteroatoms. The van der Waals surface area contributed by atoms with Gasteiger partial charge in [-0.15, -0.1) is 21.5 Å². The molecule has 0 saturated carbocycles. The van der Waals surface area contributed by atoms with Crippen LogP contribution < -0.4 is 5.32 Å². The SMILES string of the molecule is COC(=O)c1c(NC(=O)CSc2nnc(-c3cccc(C)c3)n2C)sc2c1CCCCCC2. The number of methoxy groups -OCH3 is 1. The Kier molecular flexibility index (Phi) is 7.49. The van der Waals surface area contributed by atoms with E-state index in [9.17, 15) is 9.59 Å². The van der Waals surface area contributed by atoms with Crippen molar-refractivity contribution in [2.75, 3.05) is 18.2 Å². The van der Waals surface area contributed by atoms with Gasteiger partial charge in [-0.05, 0) is 44.2 Å². The highest BCUT2D eigenvalue weighted by atomic mass is 32.2. The van der Waals surface area contributed by atoms with E-state index in [-0.39, 0.29) is 17.6 Å². The third-order valence-corrected chi connectivity index (χ3v) is 7.98. The van der Waals surface area contributed by atoms with Gasteiger partial charge < -0.3 is 14.6 Å². The number of benzene rings is 1. The van der Waals surface area contributed by atoms with Gasteiger partial charge in [-0.3, -0.25) is 4.79 Å². The van der Waals surface area contributed by atoms with Crippen molar-refractivity contribution >= 4 is 40.0 Å². The highest BCUT2D eigenvalue weighted by Crippen LogP contribution is 2.37. The zero-order chi connectivity index (χ0) is 23.4. The standard InChI is InChI=1S/C24H28N4O3S2/c1-15-9-8-10-16(13-15)21-26-27-24(28(21)2)32-14-19(29)25-22-20(23(30)31-3)17-11-6-4-5-7-12-18(17)33-22/h8-10,13H,4-7,11-12,14H2,1-3H3,(H,25,29). The predicted octanol–water partition coefficient (Wildman–Crippen LogP) is 5.03. The van der Waals surface area contributed by atoms with Gasteiger partial charge in [0.1, 0.15) is 5.00 Å². The Balaban J connectivity index is 1.47. The average Bonchev–Trinajstić information content (AvgIpc) is 3.31. The van der Waals surface area contributed by atoms with Crippen molar-refractivity contribution in [3.63, 3.8) is 0 Å². The van der Waals surface area contributed by atoms with Gasteiger partial charge in [0.15, 0.2) is 11.0 Å². The van der Waals surface area contributed by atoms with Crippen LogP contribution >= 0.6 is 23.1 Å². The fourth-order valence-corrected chi connectivity index (χ4v) is 6.10. The van der Waals surface area contributed by atoms with Crippen LogP contribution in [0.2, 0.25) is 0 Å². The van der Waals surface area contributed by atoms with Crippen molar-refractivity contribution in [3.05, 3.63) is 45.8 Å².